The van der Waals surface area contributed by atoms with Gasteiger partial charge in [0.15, 0.2) is 0 Å². The molecule has 1 unspecified atom stereocenters. The van der Waals surface area contributed by atoms with Crippen LogP contribution in [0.5, 0.6) is 0 Å². The van der Waals surface area contributed by atoms with E-state index in [-0.39, 0.29) is 4.90 Å². The molecule has 0 spiro atoms. The molecule has 2 N–H and O–H groups in total. The highest BCUT2D eigenvalue weighted by Gasteiger charge is 2.13. The average Bonchev–Trinajstić information content (AvgIpc) is 2.35. The molecule has 0 aromatic heterocycles. The van der Waals surface area contributed by atoms with Crippen molar-refractivity contribution < 1.29 is 21.7 Å². The summed E-state index contributed by atoms with van der Waals surface area (Å²) >= 11 is -2.17. The zero-order valence-corrected chi connectivity index (χ0v) is 11.5. The first-order valence-electron chi connectivity index (χ1n) is 5.15. The third kappa shape index (κ3) is 2.76. The van der Waals surface area contributed by atoms with Gasteiger partial charge in [-0.2, -0.15) is 8.42 Å². The molecule has 0 bridgehead atoms. The molecule has 2 aromatic rings. The van der Waals surface area contributed by atoms with E-state index in [1.165, 1.54) is 25.2 Å². The van der Waals surface area contributed by atoms with Gasteiger partial charge in [0.2, 0.25) is 0 Å². The molecule has 1 atom stereocenters. The molecule has 2 aromatic carbocycles. The second-order valence-electron chi connectivity index (χ2n) is 3.86. The Morgan fingerprint density at radius 2 is 1.89 bits per heavy atom. The minimum Gasteiger partial charge on any atom is -0.289 e. The van der Waals surface area contributed by atoms with E-state index in [1.54, 1.807) is 18.2 Å². The molecule has 0 saturated carbocycles. The van der Waals surface area contributed by atoms with E-state index in [0.717, 1.165) is 4.31 Å². The number of hydrogen-bond acceptors (Lipinski definition) is 3. The molecular weight excluding hydrogens is 290 g/mol. The maximum atomic E-state index is 11.1. The normalized spacial score (nSPS) is 13.4. The van der Waals surface area contributed by atoms with E-state index in [0.29, 0.717) is 16.5 Å². The number of rotatable bonds is 3. The number of fused-ring (bicyclic) bond motifs is 1. The van der Waals surface area contributed by atoms with Gasteiger partial charge in [-0.05, 0) is 23.6 Å². The van der Waals surface area contributed by atoms with Gasteiger partial charge in [0, 0.05) is 12.4 Å². The summed E-state index contributed by atoms with van der Waals surface area (Å²) in [6, 6.07) is 8.97. The lowest BCUT2D eigenvalue weighted by Crippen LogP contribution is -2.19. The molecule has 0 fully saturated rings. The van der Waals surface area contributed by atoms with Crippen LogP contribution in [0.25, 0.3) is 10.8 Å². The Labute approximate surface area is 112 Å². The molecular formula is C11H11NO5S2. The van der Waals surface area contributed by atoms with Crippen molar-refractivity contribution in [2.75, 3.05) is 11.4 Å². The standard InChI is InChI=1S/C11H11NO5S2/c1-12(18(13)14)11-4-2-3-8-7-9(19(15,16)17)5-6-10(8)11/h2-7H,1H3,(H,13,14)(H,15,16,17). The molecule has 0 aliphatic rings. The lowest BCUT2D eigenvalue weighted by Gasteiger charge is -2.16. The maximum absolute atomic E-state index is 11.1. The second-order valence-corrected chi connectivity index (χ2v) is 6.29. The van der Waals surface area contributed by atoms with Crippen molar-refractivity contribution in [1.29, 1.82) is 0 Å². The highest BCUT2D eigenvalue weighted by atomic mass is 32.2. The first-order chi connectivity index (χ1) is 8.80. The summed E-state index contributed by atoms with van der Waals surface area (Å²) in [4.78, 5) is -0.218. The van der Waals surface area contributed by atoms with Gasteiger partial charge in [0.25, 0.3) is 21.4 Å². The van der Waals surface area contributed by atoms with E-state index < -0.39 is 21.4 Å². The zero-order valence-electron chi connectivity index (χ0n) is 9.85. The zero-order chi connectivity index (χ0) is 14.2. The molecule has 6 nitrogen and oxygen atoms in total. The number of anilines is 1. The van der Waals surface area contributed by atoms with Crippen LogP contribution in [-0.4, -0.2) is 28.8 Å². The minimum absolute atomic E-state index is 0.218. The van der Waals surface area contributed by atoms with Crippen molar-refractivity contribution in [1.82, 2.24) is 0 Å². The van der Waals surface area contributed by atoms with Gasteiger partial charge in [0.05, 0.1) is 10.6 Å². The first-order valence-corrected chi connectivity index (χ1v) is 7.66. The van der Waals surface area contributed by atoms with E-state index >= 15 is 0 Å². The van der Waals surface area contributed by atoms with E-state index in [2.05, 4.69) is 0 Å². The predicted molar refractivity (Wildman–Crippen MR) is 72.9 cm³/mol. The predicted octanol–water partition coefficient (Wildman–Crippen LogP) is 1.66. The fraction of sp³-hybridized carbons (Fsp3) is 0.0909. The Morgan fingerprint density at radius 3 is 2.47 bits per heavy atom. The van der Waals surface area contributed by atoms with E-state index in [9.17, 15) is 12.6 Å². The van der Waals surface area contributed by atoms with Crippen LogP contribution >= 0.6 is 0 Å². The maximum Gasteiger partial charge on any atom is 0.294 e. The number of nitrogens with zero attached hydrogens (tertiary/aromatic N) is 1. The summed E-state index contributed by atoms with van der Waals surface area (Å²) in [7, 11) is -2.82. The summed E-state index contributed by atoms with van der Waals surface area (Å²) in [6.45, 7) is 0. The summed E-state index contributed by atoms with van der Waals surface area (Å²) in [5, 5.41) is 1.16. The molecule has 0 saturated heterocycles. The molecule has 19 heavy (non-hydrogen) atoms. The van der Waals surface area contributed by atoms with Crippen LogP contribution in [0.15, 0.2) is 41.3 Å². The van der Waals surface area contributed by atoms with Crippen LogP contribution < -0.4 is 4.31 Å². The molecule has 0 amide bonds. The first kappa shape index (κ1) is 13.9. The Hall–Kier alpha value is -1.48. The van der Waals surface area contributed by atoms with Crippen LogP contribution in [0.3, 0.4) is 0 Å². The van der Waals surface area contributed by atoms with Crippen molar-refractivity contribution in [3.63, 3.8) is 0 Å². The van der Waals surface area contributed by atoms with Gasteiger partial charge in [-0.1, -0.05) is 18.2 Å². The monoisotopic (exact) mass is 301 g/mol. The van der Waals surface area contributed by atoms with Gasteiger partial charge in [-0.15, -0.1) is 0 Å². The number of hydrogen-bond donors (Lipinski definition) is 2. The van der Waals surface area contributed by atoms with Crippen LogP contribution in [0.2, 0.25) is 0 Å². The summed E-state index contributed by atoms with van der Waals surface area (Å²) in [6.07, 6.45) is 0. The second kappa shape index (κ2) is 4.89. The highest BCUT2D eigenvalue weighted by molar-refractivity contribution is 7.85. The van der Waals surface area contributed by atoms with Crippen molar-refractivity contribution in [3.05, 3.63) is 36.4 Å². The molecule has 102 valence electrons. The Morgan fingerprint density at radius 1 is 1.21 bits per heavy atom. The van der Waals surface area contributed by atoms with E-state index in [4.69, 9.17) is 9.11 Å². The lowest BCUT2D eigenvalue weighted by molar-refractivity contribution is 0.483. The molecule has 0 aliphatic heterocycles. The SMILES string of the molecule is CN(c1cccc2cc(S(=O)(=O)O)ccc12)S(=O)O. The minimum atomic E-state index is -4.27. The summed E-state index contributed by atoms with van der Waals surface area (Å²) in [5.74, 6) is 0. The van der Waals surface area contributed by atoms with Gasteiger partial charge >= 0.3 is 0 Å². The van der Waals surface area contributed by atoms with Crippen LogP contribution in [0.1, 0.15) is 0 Å². The largest absolute Gasteiger partial charge is 0.294 e. The van der Waals surface area contributed by atoms with Crippen molar-refractivity contribution in [2.45, 2.75) is 4.90 Å². The molecule has 0 aliphatic carbocycles. The van der Waals surface area contributed by atoms with Crippen LogP contribution in [-0.2, 0) is 21.4 Å². The Bertz CT molecular complexity index is 757. The van der Waals surface area contributed by atoms with Crippen molar-refractivity contribution in [2.24, 2.45) is 0 Å². The summed E-state index contributed by atoms with van der Waals surface area (Å²) < 4.78 is 52.4. The smallest absolute Gasteiger partial charge is 0.289 e. The van der Waals surface area contributed by atoms with Crippen LogP contribution in [0, 0.1) is 0 Å². The third-order valence-electron chi connectivity index (χ3n) is 2.70. The average molecular weight is 301 g/mol. The van der Waals surface area contributed by atoms with Crippen molar-refractivity contribution >= 4 is 37.8 Å². The van der Waals surface area contributed by atoms with Gasteiger partial charge < -0.3 is 0 Å². The van der Waals surface area contributed by atoms with Gasteiger partial charge in [-0.3, -0.25) is 13.4 Å². The molecule has 8 heteroatoms. The highest BCUT2D eigenvalue weighted by Crippen LogP contribution is 2.28. The van der Waals surface area contributed by atoms with E-state index in [1.807, 2.05) is 0 Å². The Balaban J connectivity index is 2.69. The Kier molecular flexibility index (Phi) is 3.59. The third-order valence-corrected chi connectivity index (χ3v) is 4.22. The molecule has 0 radical (unpaired) electrons. The molecule has 0 heterocycles. The van der Waals surface area contributed by atoms with Gasteiger partial charge in [0.1, 0.15) is 0 Å². The topological polar surface area (TPSA) is 94.9 Å². The fourth-order valence-electron chi connectivity index (χ4n) is 1.76. The quantitative estimate of drug-likeness (QED) is 0.664. The van der Waals surface area contributed by atoms with Crippen molar-refractivity contribution in [3.8, 4) is 0 Å². The molecule has 2 rings (SSSR count). The summed E-state index contributed by atoms with van der Waals surface area (Å²) in [5.41, 5.74) is 0.486. The lowest BCUT2D eigenvalue weighted by atomic mass is 10.1. The number of benzene rings is 2. The fourth-order valence-corrected chi connectivity index (χ4v) is 2.61. The van der Waals surface area contributed by atoms with Gasteiger partial charge in [-0.25, -0.2) is 4.21 Å². The van der Waals surface area contributed by atoms with Crippen LogP contribution in [0.4, 0.5) is 5.69 Å².